The molecule has 0 bridgehead atoms. The highest BCUT2D eigenvalue weighted by Gasteiger charge is 2.09. The average molecular weight is 179 g/mol. The highest BCUT2D eigenvalue weighted by molar-refractivity contribution is 5.38. The van der Waals surface area contributed by atoms with Crippen molar-refractivity contribution in [2.24, 2.45) is 0 Å². The smallest absolute Gasteiger partial charge is 0.0673 e. The van der Waals surface area contributed by atoms with Crippen LogP contribution in [0.25, 0.3) is 0 Å². The fraction of sp³-hybridized carbons (Fsp3) is 0.444. The molecule has 70 valence electrons. The quantitative estimate of drug-likeness (QED) is 0.726. The summed E-state index contributed by atoms with van der Waals surface area (Å²) in [5, 5.41) is 2.14. The van der Waals surface area contributed by atoms with E-state index < -0.39 is 0 Å². The number of aromatic nitrogens is 1. The summed E-state index contributed by atoms with van der Waals surface area (Å²) in [6.07, 6.45) is 3.58. The summed E-state index contributed by atoms with van der Waals surface area (Å²) < 4.78 is 5.24. The number of nitrogens with zero attached hydrogens (tertiary/aromatic N) is 2. The van der Waals surface area contributed by atoms with E-state index in [0.29, 0.717) is 0 Å². The van der Waals surface area contributed by atoms with E-state index in [1.165, 1.54) is 0 Å². The monoisotopic (exact) mass is 179 g/mol. The Morgan fingerprint density at radius 3 is 2.92 bits per heavy atom. The molecule has 0 aliphatic carbocycles. The van der Waals surface area contributed by atoms with Crippen molar-refractivity contribution in [2.45, 2.75) is 0 Å². The molecule has 2 rings (SSSR count). The molecule has 1 aliphatic rings. The Morgan fingerprint density at radius 1 is 1.38 bits per heavy atom. The molecule has 0 unspecified atom stereocenters. The molecule has 0 radical (unpaired) electrons. The van der Waals surface area contributed by atoms with Crippen LogP contribution in [0.2, 0.25) is 0 Å². The van der Waals surface area contributed by atoms with Crippen LogP contribution in [-0.4, -0.2) is 36.3 Å². The van der Waals surface area contributed by atoms with E-state index >= 15 is 0 Å². The maximum Gasteiger partial charge on any atom is 0.0673 e. The van der Waals surface area contributed by atoms with E-state index in [2.05, 4.69) is 15.4 Å². The van der Waals surface area contributed by atoms with Crippen LogP contribution in [0.4, 0.5) is 5.69 Å². The summed E-state index contributed by atoms with van der Waals surface area (Å²) in [4.78, 5) is 4.03. The fourth-order valence-electron chi connectivity index (χ4n) is 1.29. The molecule has 0 amide bonds. The molecule has 4 heteroatoms. The molecule has 1 aromatic heterocycles. The van der Waals surface area contributed by atoms with Crippen LogP contribution < -0.4 is 5.43 Å². The Morgan fingerprint density at radius 2 is 2.23 bits per heavy atom. The minimum Gasteiger partial charge on any atom is -0.379 e. The molecule has 1 aromatic rings. The number of rotatable bonds is 2. The van der Waals surface area contributed by atoms with Gasteiger partial charge in [-0.25, -0.2) is 5.01 Å². The molecule has 1 aliphatic heterocycles. The molecular formula is C9H13N3O. The molecule has 0 spiro atoms. The summed E-state index contributed by atoms with van der Waals surface area (Å²) in [7, 11) is 0. The Bertz CT molecular complexity index is 246. The lowest BCUT2D eigenvalue weighted by atomic mass is 10.4. The van der Waals surface area contributed by atoms with Gasteiger partial charge in [0.05, 0.1) is 25.1 Å². The van der Waals surface area contributed by atoms with E-state index in [9.17, 15) is 0 Å². The molecule has 0 atom stereocenters. The third kappa shape index (κ3) is 2.40. The second kappa shape index (κ2) is 4.20. The van der Waals surface area contributed by atoms with Crippen LogP contribution in [0.3, 0.4) is 0 Å². The molecule has 4 nitrogen and oxygen atoms in total. The van der Waals surface area contributed by atoms with Crippen LogP contribution in [0.5, 0.6) is 0 Å². The number of anilines is 1. The van der Waals surface area contributed by atoms with Gasteiger partial charge in [0.15, 0.2) is 0 Å². The normalized spacial score (nSPS) is 18.5. The first-order valence-corrected chi connectivity index (χ1v) is 4.44. The van der Waals surface area contributed by atoms with Crippen molar-refractivity contribution < 1.29 is 4.74 Å². The minimum atomic E-state index is 0.799. The van der Waals surface area contributed by atoms with E-state index in [1.54, 1.807) is 6.20 Å². The van der Waals surface area contributed by atoms with Crippen molar-refractivity contribution in [3.05, 3.63) is 24.5 Å². The van der Waals surface area contributed by atoms with Crippen molar-refractivity contribution in [2.75, 3.05) is 31.7 Å². The molecule has 1 saturated heterocycles. The first-order chi connectivity index (χ1) is 6.45. The lowest BCUT2D eigenvalue weighted by Gasteiger charge is -2.27. The Kier molecular flexibility index (Phi) is 2.74. The molecule has 0 saturated carbocycles. The van der Waals surface area contributed by atoms with Crippen molar-refractivity contribution in [1.82, 2.24) is 9.99 Å². The number of nitrogens with one attached hydrogen (secondary N) is 1. The van der Waals surface area contributed by atoms with Gasteiger partial charge < -0.3 is 10.2 Å². The maximum absolute atomic E-state index is 5.24. The van der Waals surface area contributed by atoms with E-state index in [1.807, 2.05) is 18.3 Å². The first kappa shape index (κ1) is 8.47. The van der Waals surface area contributed by atoms with Crippen LogP contribution in [-0.2, 0) is 4.74 Å². The highest BCUT2D eigenvalue weighted by Crippen LogP contribution is 2.05. The first-order valence-electron chi connectivity index (χ1n) is 4.44. The van der Waals surface area contributed by atoms with Crippen LogP contribution >= 0.6 is 0 Å². The van der Waals surface area contributed by atoms with E-state index in [4.69, 9.17) is 4.74 Å². The predicted octanol–water partition coefficient (Wildman–Crippen LogP) is 0.741. The summed E-state index contributed by atoms with van der Waals surface area (Å²) in [5.41, 5.74) is 4.30. The van der Waals surface area contributed by atoms with Gasteiger partial charge in [-0.15, -0.1) is 0 Å². The van der Waals surface area contributed by atoms with Gasteiger partial charge in [0.2, 0.25) is 0 Å². The maximum atomic E-state index is 5.24. The van der Waals surface area contributed by atoms with Gasteiger partial charge >= 0.3 is 0 Å². The average Bonchev–Trinajstić information content (AvgIpc) is 2.21. The number of morpholine rings is 1. The van der Waals surface area contributed by atoms with Crippen molar-refractivity contribution in [3.63, 3.8) is 0 Å². The van der Waals surface area contributed by atoms with Gasteiger partial charge in [0.25, 0.3) is 0 Å². The second-order valence-corrected chi connectivity index (χ2v) is 2.95. The van der Waals surface area contributed by atoms with Crippen LogP contribution in [0.15, 0.2) is 24.5 Å². The largest absolute Gasteiger partial charge is 0.379 e. The van der Waals surface area contributed by atoms with Crippen molar-refractivity contribution in [1.29, 1.82) is 0 Å². The van der Waals surface area contributed by atoms with Crippen LogP contribution in [0, 0.1) is 0 Å². The predicted molar refractivity (Wildman–Crippen MR) is 50.3 cm³/mol. The van der Waals surface area contributed by atoms with Crippen molar-refractivity contribution in [3.8, 4) is 0 Å². The van der Waals surface area contributed by atoms with E-state index in [-0.39, 0.29) is 0 Å². The van der Waals surface area contributed by atoms with Gasteiger partial charge in [-0.2, -0.15) is 0 Å². The summed E-state index contributed by atoms with van der Waals surface area (Å²) in [6.45, 7) is 3.45. The number of pyridine rings is 1. The van der Waals surface area contributed by atoms with Crippen LogP contribution in [0.1, 0.15) is 0 Å². The third-order valence-corrected chi connectivity index (χ3v) is 1.96. The summed E-state index contributed by atoms with van der Waals surface area (Å²) in [6, 6.07) is 3.92. The number of hydrazine groups is 1. The zero-order valence-corrected chi connectivity index (χ0v) is 7.44. The Labute approximate surface area is 77.5 Å². The number of hydrogen-bond donors (Lipinski definition) is 1. The molecule has 1 fully saturated rings. The zero-order valence-electron chi connectivity index (χ0n) is 7.44. The Hall–Kier alpha value is -1.13. The van der Waals surface area contributed by atoms with E-state index in [0.717, 1.165) is 32.0 Å². The van der Waals surface area contributed by atoms with Gasteiger partial charge in [0.1, 0.15) is 0 Å². The zero-order chi connectivity index (χ0) is 8.93. The number of hydrogen-bond acceptors (Lipinski definition) is 4. The highest BCUT2D eigenvalue weighted by atomic mass is 16.5. The van der Waals surface area contributed by atoms with Gasteiger partial charge in [-0.05, 0) is 12.1 Å². The molecule has 13 heavy (non-hydrogen) atoms. The summed E-state index contributed by atoms with van der Waals surface area (Å²) in [5.74, 6) is 0. The SMILES string of the molecule is c1cncc(NN2CCOCC2)c1. The third-order valence-electron chi connectivity index (χ3n) is 1.96. The Balaban J connectivity index is 1.90. The van der Waals surface area contributed by atoms with Gasteiger partial charge in [-0.1, -0.05) is 0 Å². The molecule has 1 N–H and O–H groups in total. The fourth-order valence-corrected chi connectivity index (χ4v) is 1.29. The van der Waals surface area contributed by atoms with Crippen molar-refractivity contribution >= 4 is 5.69 Å². The molecular weight excluding hydrogens is 166 g/mol. The standard InChI is InChI=1S/C9H13N3O/c1-2-9(8-10-3-1)11-12-4-6-13-7-5-12/h1-3,8,11H,4-7H2. The topological polar surface area (TPSA) is 37.4 Å². The molecule has 2 heterocycles. The lowest BCUT2D eigenvalue weighted by molar-refractivity contribution is 0.0497. The minimum absolute atomic E-state index is 0.799. The molecule has 0 aromatic carbocycles. The summed E-state index contributed by atoms with van der Waals surface area (Å²) >= 11 is 0. The lowest BCUT2D eigenvalue weighted by Crippen LogP contribution is -2.40. The second-order valence-electron chi connectivity index (χ2n) is 2.95. The van der Waals surface area contributed by atoms with Gasteiger partial charge in [0, 0.05) is 19.3 Å². The number of ether oxygens (including phenoxy) is 1. The van der Waals surface area contributed by atoms with Gasteiger partial charge in [-0.3, -0.25) is 4.98 Å².